The van der Waals surface area contributed by atoms with Gasteiger partial charge in [0, 0.05) is 17.3 Å². The summed E-state index contributed by atoms with van der Waals surface area (Å²) < 4.78 is 5.73. The number of nitrogens with one attached hydrogen (secondary N) is 1. The Bertz CT molecular complexity index is 893. The fraction of sp³-hybridized carbons (Fsp3) is 0.269. The van der Waals surface area contributed by atoms with Crippen LogP contribution in [0.3, 0.4) is 0 Å². The second-order valence-electron chi connectivity index (χ2n) is 7.06. The van der Waals surface area contributed by atoms with Crippen LogP contribution in [0, 0.1) is 6.92 Å². The van der Waals surface area contributed by atoms with Gasteiger partial charge in [0.15, 0.2) is 0 Å². The summed E-state index contributed by atoms with van der Waals surface area (Å²) in [6.45, 7) is 10.6. The molecule has 0 atom stereocenters. The van der Waals surface area contributed by atoms with E-state index >= 15 is 0 Å². The second-order valence-corrected chi connectivity index (χ2v) is 7.06. The molecule has 0 spiro atoms. The molecule has 2 aromatic rings. The monoisotopic (exact) mass is 389 g/mol. The van der Waals surface area contributed by atoms with Crippen LogP contribution in [0.2, 0.25) is 0 Å². The summed E-state index contributed by atoms with van der Waals surface area (Å²) in [5, 5.41) is 2.96. The van der Waals surface area contributed by atoms with Crippen LogP contribution in [-0.4, -0.2) is 12.5 Å². The maximum Gasteiger partial charge on any atom is 0.255 e. The third kappa shape index (κ3) is 7.46. The van der Waals surface area contributed by atoms with E-state index in [1.54, 1.807) is 0 Å². The van der Waals surface area contributed by atoms with E-state index in [-0.39, 0.29) is 5.91 Å². The van der Waals surface area contributed by atoms with Crippen molar-refractivity contribution in [3.63, 3.8) is 0 Å². The second kappa shape index (κ2) is 11.7. The first kappa shape index (κ1) is 22.2. The van der Waals surface area contributed by atoms with Crippen molar-refractivity contribution < 1.29 is 9.53 Å². The van der Waals surface area contributed by atoms with Crippen molar-refractivity contribution in [2.75, 3.05) is 11.9 Å². The predicted molar refractivity (Wildman–Crippen MR) is 124 cm³/mol. The normalized spacial score (nSPS) is 11.5. The van der Waals surface area contributed by atoms with Gasteiger partial charge >= 0.3 is 0 Å². The van der Waals surface area contributed by atoms with E-state index in [0.717, 1.165) is 41.8 Å². The highest BCUT2D eigenvalue weighted by molar-refractivity contribution is 6.04. The lowest BCUT2D eigenvalue weighted by Crippen LogP contribution is -2.12. The summed E-state index contributed by atoms with van der Waals surface area (Å²) in [6.07, 6.45) is 10.9. The topological polar surface area (TPSA) is 38.3 Å². The average molecular weight is 390 g/mol. The number of allylic oxidation sites excluding steroid dienone is 4. The molecular weight excluding hydrogens is 358 g/mol. The highest BCUT2D eigenvalue weighted by Gasteiger charge is 2.08. The molecule has 0 saturated heterocycles. The van der Waals surface area contributed by atoms with Crippen LogP contribution in [0.5, 0.6) is 5.75 Å². The van der Waals surface area contributed by atoms with E-state index in [4.69, 9.17) is 4.74 Å². The minimum Gasteiger partial charge on any atom is -0.494 e. The van der Waals surface area contributed by atoms with Gasteiger partial charge in [-0.1, -0.05) is 48.9 Å². The number of rotatable bonds is 10. The number of anilines is 1. The summed E-state index contributed by atoms with van der Waals surface area (Å²) in [4.78, 5) is 12.7. The highest BCUT2D eigenvalue weighted by atomic mass is 16.5. The summed E-state index contributed by atoms with van der Waals surface area (Å²) in [7, 11) is 0. The number of aryl methyl sites for hydroxylation is 1. The van der Waals surface area contributed by atoms with Gasteiger partial charge in [-0.05, 0) is 68.5 Å². The number of carbonyl (C=O) groups excluding carboxylic acids is 1. The van der Waals surface area contributed by atoms with Crippen LogP contribution in [0.4, 0.5) is 5.69 Å². The number of amides is 1. The molecule has 0 unspecified atom stereocenters. The Morgan fingerprint density at radius 2 is 2.03 bits per heavy atom. The van der Waals surface area contributed by atoms with E-state index in [9.17, 15) is 4.79 Å². The Labute approximate surface area is 174 Å². The molecule has 0 aliphatic carbocycles. The Hall–Kier alpha value is -3.07. The van der Waals surface area contributed by atoms with E-state index < -0.39 is 0 Å². The minimum atomic E-state index is -0.135. The summed E-state index contributed by atoms with van der Waals surface area (Å²) in [5.74, 6) is 0.612. The first-order valence-corrected chi connectivity index (χ1v) is 10.1. The molecule has 0 aliphatic rings. The standard InChI is InChI=1S/C26H31NO2/c1-5-7-8-17-29-25-14-10-13-24(19-25)27-26(28)23-16-15-21(4)22(18-23)12-9-11-20(3)6-2/h5,9-16,18-19H,1,6-8,17H2,2-4H3,(H,27,28)/b12-9-,20-11+. The molecule has 2 rings (SSSR count). The predicted octanol–water partition coefficient (Wildman–Crippen LogP) is 6.96. The quantitative estimate of drug-likeness (QED) is 0.271. The molecular formula is C26H31NO2. The van der Waals surface area contributed by atoms with E-state index in [0.29, 0.717) is 12.2 Å². The molecule has 152 valence electrons. The van der Waals surface area contributed by atoms with Crippen molar-refractivity contribution in [3.05, 3.63) is 89.5 Å². The van der Waals surface area contributed by atoms with Crippen LogP contribution in [0.15, 0.2) is 72.8 Å². The van der Waals surface area contributed by atoms with Gasteiger partial charge in [0.2, 0.25) is 0 Å². The minimum absolute atomic E-state index is 0.135. The van der Waals surface area contributed by atoms with Gasteiger partial charge in [0.1, 0.15) is 5.75 Å². The molecule has 0 aromatic heterocycles. The summed E-state index contributed by atoms with van der Waals surface area (Å²) in [6, 6.07) is 13.2. The van der Waals surface area contributed by atoms with Crippen molar-refractivity contribution >= 4 is 17.7 Å². The number of hydrogen-bond acceptors (Lipinski definition) is 2. The molecule has 3 heteroatoms. The zero-order valence-corrected chi connectivity index (χ0v) is 17.7. The third-order valence-electron chi connectivity index (χ3n) is 4.67. The van der Waals surface area contributed by atoms with Crippen molar-refractivity contribution in [3.8, 4) is 5.75 Å². The van der Waals surface area contributed by atoms with Crippen molar-refractivity contribution in [1.29, 1.82) is 0 Å². The first-order valence-electron chi connectivity index (χ1n) is 10.1. The molecule has 1 amide bonds. The lowest BCUT2D eigenvalue weighted by molar-refractivity contribution is 0.102. The SMILES string of the molecule is C=CCCCOc1cccc(NC(=O)c2ccc(C)c(/C=C\C=C(/C)CC)c2)c1. The largest absolute Gasteiger partial charge is 0.494 e. The summed E-state index contributed by atoms with van der Waals surface area (Å²) >= 11 is 0. The average Bonchev–Trinajstić information content (AvgIpc) is 2.72. The van der Waals surface area contributed by atoms with Gasteiger partial charge in [-0.3, -0.25) is 4.79 Å². The maximum absolute atomic E-state index is 12.7. The highest BCUT2D eigenvalue weighted by Crippen LogP contribution is 2.20. The zero-order valence-electron chi connectivity index (χ0n) is 17.7. The molecule has 0 bridgehead atoms. The van der Waals surface area contributed by atoms with E-state index in [1.165, 1.54) is 5.57 Å². The first-order chi connectivity index (χ1) is 14.0. The van der Waals surface area contributed by atoms with Gasteiger partial charge < -0.3 is 10.1 Å². The van der Waals surface area contributed by atoms with Gasteiger partial charge in [-0.15, -0.1) is 6.58 Å². The van der Waals surface area contributed by atoms with Crippen LogP contribution < -0.4 is 10.1 Å². The van der Waals surface area contributed by atoms with Crippen LogP contribution in [0.25, 0.3) is 6.08 Å². The van der Waals surface area contributed by atoms with E-state index in [1.807, 2.05) is 67.6 Å². The Kier molecular flexibility index (Phi) is 8.97. The zero-order chi connectivity index (χ0) is 21.1. The molecule has 0 aliphatic heterocycles. The van der Waals surface area contributed by atoms with Gasteiger partial charge in [0.05, 0.1) is 6.61 Å². The molecule has 2 aromatic carbocycles. The maximum atomic E-state index is 12.7. The van der Waals surface area contributed by atoms with Crippen molar-refractivity contribution in [2.45, 2.75) is 40.0 Å². The van der Waals surface area contributed by atoms with Crippen molar-refractivity contribution in [1.82, 2.24) is 0 Å². The fourth-order valence-corrected chi connectivity index (χ4v) is 2.68. The molecule has 0 radical (unpaired) electrons. The van der Waals surface area contributed by atoms with Gasteiger partial charge in [-0.25, -0.2) is 0 Å². The number of ether oxygens (including phenoxy) is 1. The molecule has 0 heterocycles. The Morgan fingerprint density at radius 1 is 1.21 bits per heavy atom. The molecule has 0 fully saturated rings. The lowest BCUT2D eigenvalue weighted by atomic mass is 10.0. The smallest absolute Gasteiger partial charge is 0.255 e. The molecule has 29 heavy (non-hydrogen) atoms. The number of unbranched alkanes of at least 4 members (excludes halogenated alkanes) is 1. The number of carbonyl (C=O) groups is 1. The third-order valence-corrected chi connectivity index (χ3v) is 4.67. The molecule has 3 nitrogen and oxygen atoms in total. The number of benzene rings is 2. The Morgan fingerprint density at radius 3 is 2.79 bits per heavy atom. The lowest BCUT2D eigenvalue weighted by Gasteiger charge is -2.10. The van der Waals surface area contributed by atoms with Crippen molar-refractivity contribution in [2.24, 2.45) is 0 Å². The summed E-state index contributed by atoms with van der Waals surface area (Å²) in [5.41, 5.74) is 4.84. The Balaban J connectivity index is 2.07. The van der Waals surface area contributed by atoms with Gasteiger partial charge in [-0.2, -0.15) is 0 Å². The number of hydrogen-bond donors (Lipinski definition) is 1. The van der Waals surface area contributed by atoms with E-state index in [2.05, 4.69) is 31.8 Å². The fourth-order valence-electron chi connectivity index (χ4n) is 2.68. The van der Waals surface area contributed by atoms with Crippen LogP contribution >= 0.6 is 0 Å². The van der Waals surface area contributed by atoms with Gasteiger partial charge in [0.25, 0.3) is 5.91 Å². The molecule has 1 N–H and O–H groups in total. The molecule has 0 saturated carbocycles. The van der Waals surface area contributed by atoms with Crippen LogP contribution in [-0.2, 0) is 0 Å². The van der Waals surface area contributed by atoms with Crippen LogP contribution in [0.1, 0.15) is 54.6 Å².